The van der Waals surface area contributed by atoms with Crippen molar-refractivity contribution in [3.8, 4) is 27.4 Å². The molecule has 36 heavy (non-hydrogen) atoms. The maximum Gasteiger partial charge on any atom is 0.308 e. The monoisotopic (exact) mass is 501 g/mol. The summed E-state index contributed by atoms with van der Waals surface area (Å²) in [6.45, 7) is 3.31. The molecule has 1 aromatic heterocycles. The Kier molecular flexibility index (Phi) is 9.11. The first kappa shape index (κ1) is 25.5. The molecule has 0 spiro atoms. The van der Waals surface area contributed by atoms with Gasteiger partial charge in [0, 0.05) is 13.0 Å². The third kappa shape index (κ3) is 6.73. The van der Waals surface area contributed by atoms with Crippen LogP contribution in [-0.2, 0) is 22.5 Å². The fraction of sp³-hybridized carbons (Fsp3) is 0.267. The minimum absolute atomic E-state index is 0.0615. The average molecular weight is 502 g/mol. The summed E-state index contributed by atoms with van der Waals surface area (Å²) in [5, 5.41) is 0. The first-order valence-electron chi connectivity index (χ1n) is 12.4. The van der Waals surface area contributed by atoms with Crippen LogP contribution in [0.1, 0.15) is 31.7 Å². The lowest BCUT2D eigenvalue weighted by molar-refractivity contribution is -0.143. The molecule has 0 amide bonds. The summed E-state index contributed by atoms with van der Waals surface area (Å²) in [4.78, 5) is 25.6. The molecule has 5 nitrogen and oxygen atoms in total. The maximum atomic E-state index is 13.1. The zero-order chi connectivity index (χ0) is 25.2. The number of nitrogens with zero attached hydrogens (tertiary/aromatic N) is 1. The van der Waals surface area contributed by atoms with Crippen molar-refractivity contribution in [2.45, 2.75) is 39.2 Å². The summed E-state index contributed by atoms with van der Waals surface area (Å²) in [5.74, 6) is 0.601. The van der Waals surface area contributed by atoms with Crippen LogP contribution in [0.25, 0.3) is 21.7 Å². The van der Waals surface area contributed by atoms with Crippen LogP contribution in [0.4, 0.5) is 0 Å². The zero-order valence-corrected chi connectivity index (χ0v) is 21.3. The molecule has 0 aliphatic rings. The van der Waals surface area contributed by atoms with E-state index in [2.05, 4.69) is 30.3 Å². The number of esters is 1. The van der Waals surface area contributed by atoms with Gasteiger partial charge in [0.05, 0.1) is 23.8 Å². The first-order valence-corrected chi connectivity index (χ1v) is 13.2. The van der Waals surface area contributed by atoms with Crippen molar-refractivity contribution in [3.05, 3.63) is 100 Å². The lowest BCUT2D eigenvalue weighted by atomic mass is 10.1. The minimum Gasteiger partial charge on any atom is -0.494 e. The molecule has 0 saturated heterocycles. The Morgan fingerprint density at radius 2 is 1.61 bits per heavy atom. The quantitative estimate of drug-likeness (QED) is 0.162. The Hall–Kier alpha value is -3.64. The normalized spacial score (nSPS) is 10.8. The van der Waals surface area contributed by atoms with E-state index in [0.717, 1.165) is 45.9 Å². The van der Waals surface area contributed by atoms with Gasteiger partial charge in [-0.3, -0.25) is 14.2 Å². The molecule has 4 aromatic rings. The lowest BCUT2D eigenvalue weighted by Gasteiger charge is -2.11. The molecular formula is C30H31NO4S. The van der Waals surface area contributed by atoms with E-state index in [-0.39, 0.29) is 10.8 Å². The van der Waals surface area contributed by atoms with Crippen LogP contribution in [0.2, 0.25) is 0 Å². The second-order valence-corrected chi connectivity index (χ2v) is 9.40. The molecule has 0 N–H and O–H groups in total. The largest absolute Gasteiger partial charge is 0.494 e. The van der Waals surface area contributed by atoms with Crippen LogP contribution in [0.5, 0.6) is 5.75 Å². The Morgan fingerprint density at radius 3 is 2.33 bits per heavy atom. The highest BCUT2D eigenvalue weighted by atomic mass is 32.1. The number of hydrogen-bond donors (Lipinski definition) is 0. The number of ether oxygens (including phenoxy) is 2. The van der Waals surface area contributed by atoms with Gasteiger partial charge in [-0.2, -0.15) is 0 Å². The van der Waals surface area contributed by atoms with E-state index in [1.54, 1.807) is 6.92 Å². The second kappa shape index (κ2) is 12.9. The van der Waals surface area contributed by atoms with Gasteiger partial charge in [-0.25, -0.2) is 0 Å². The van der Waals surface area contributed by atoms with Crippen LogP contribution < -0.4 is 9.61 Å². The molecule has 0 radical (unpaired) electrons. The molecule has 186 valence electrons. The number of aryl methyl sites for hydroxylation is 1. The Labute approximate surface area is 216 Å². The minimum atomic E-state index is -0.191. The van der Waals surface area contributed by atoms with Crippen LogP contribution in [0, 0.1) is 0 Å². The van der Waals surface area contributed by atoms with Gasteiger partial charge in [0.1, 0.15) is 5.75 Å². The number of thiazole rings is 1. The summed E-state index contributed by atoms with van der Waals surface area (Å²) in [6, 6.07) is 28.3. The second-order valence-electron chi connectivity index (χ2n) is 8.44. The van der Waals surface area contributed by atoms with Crippen molar-refractivity contribution in [2.24, 2.45) is 0 Å². The molecule has 0 saturated carbocycles. The number of benzene rings is 3. The van der Waals surface area contributed by atoms with E-state index in [1.807, 2.05) is 59.2 Å². The Balaban J connectivity index is 1.43. The van der Waals surface area contributed by atoms with Crippen LogP contribution in [0.15, 0.2) is 89.7 Å². The number of carbonyl (C=O) groups excluding carboxylic acids is 1. The third-order valence-corrected chi connectivity index (χ3v) is 6.85. The van der Waals surface area contributed by atoms with Gasteiger partial charge in [-0.1, -0.05) is 84.1 Å². The van der Waals surface area contributed by atoms with Crippen molar-refractivity contribution in [1.29, 1.82) is 0 Å². The first-order chi connectivity index (χ1) is 17.7. The molecule has 4 rings (SSSR count). The van der Waals surface area contributed by atoms with Gasteiger partial charge >= 0.3 is 10.8 Å². The third-order valence-electron chi connectivity index (χ3n) is 5.82. The molecule has 0 unspecified atom stereocenters. The standard InChI is InChI=1S/C30H31NO4S/c1-2-34-27(32)19-11-21-35-26-18-9-12-23(22-26)13-10-20-31-28(24-14-5-3-6-15-24)29(36-30(31)33)25-16-7-4-8-17-25/h3-9,12,14-18,22H,2,10-11,13,19-21H2,1H3. The predicted molar refractivity (Wildman–Crippen MR) is 146 cm³/mol. The van der Waals surface area contributed by atoms with Crippen molar-refractivity contribution < 1.29 is 14.3 Å². The number of rotatable bonds is 12. The Bertz CT molecular complexity index is 1310. The summed E-state index contributed by atoms with van der Waals surface area (Å²) < 4.78 is 12.7. The lowest BCUT2D eigenvalue weighted by Crippen LogP contribution is -2.15. The smallest absolute Gasteiger partial charge is 0.308 e. The Morgan fingerprint density at radius 1 is 0.889 bits per heavy atom. The van der Waals surface area contributed by atoms with E-state index in [4.69, 9.17) is 9.47 Å². The number of carbonyl (C=O) groups is 1. The number of hydrogen-bond acceptors (Lipinski definition) is 5. The topological polar surface area (TPSA) is 57.5 Å². The summed E-state index contributed by atoms with van der Waals surface area (Å²) in [7, 11) is 0. The van der Waals surface area contributed by atoms with E-state index in [1.165, 1.54) is 11.3 Å². The zero-order valence-electron chi connectivity index (χ0n) is 20.5. The summed E-state index contributed by atoms with van der Waals surface area (Å²) >= 11 is 1.31. The highest BCUT2D eigenvalue weighted by molar-refractivity contribution is 7.13. The van der Waals surface area contributed by atoms with Gasteiger partial charge in [0.25, 0.3) is 0 Å². The molecule has 0 aliphatic heterocycles. The van der Waals surface area contributed by atoms with Crippen LogP contribution >= 0.6 is 11.3 Å². The van der Waals surface area contributed by atoms with Gasteiger partial charge in [0.15, 0.2) is 0 Å². The van der Waals surface area contributed by atoms with Gasteiger partial charge in [-0.15, -0.1) is 0 Å². The molecule has 0 bridgehead atoms. The summed E-state index contributed by atoms with van der Waals surface area (Å²) in [5.41, 5.74) is 4.25. The summed E-state index contributed by atoms with van der Waals surface area (Å²) in [6.07, 6.45) is 2.64. The van der Waals surface area contributed by atoms with Crippen LogP contribution in [0.3, 0.4) is 0 Å². The van der Waals surface area contributed by atoms with Crippen molar-refractivity contribution in [2.75, 3.05) is 13.2 Å². The molecule has 3 aromatic carbocycles. The van der Waals surface area contributed by atoms with E-state index >= 15 is 0 Å². The van der Waals surface area contributed by atoms with Crippen molar-refractivity contribution in [3.63, 3.8) is 0 Å². The van der Waals surface area contributed by atoms with E-state index in [0.29, 0.717) is 32.6 Å². The number of aromatic nitrogens is 1. The molecule has 0 atom stereocenters. The predicted octanol–water partition coefficient (Wildman–Crippen LogP) is 6.60. The van der Waals surface area contributed by atoms with Gasteiger partial charge in [-0.05, 0) is 55.0 Å². The van der Waals surface area contributed by atoms with Gasteiger partial charge in [0.2, 0.25) is 0 Å². The highest BCUT2D eigenvalue weighted by Crippen LogP contribution is 2.34. The highest BCUT2D eigenvalue weighted by Gasteiger charge is 2.17. The van der Waals surface area contributed by atoms with E-state index < -0.39 is 0 Å². The molecule has 1 heterocycles. The maximum absolute atomic E-state index is 13.1. The molecule has 0 aliphatic carbocycles. The SMILES string of the molecule is CCOC(=O)CCCOc1cccc(CCCn2c(-c3ccccc3)c(-c3ccccc3)sc2=O)c1. The fourth-order valence-electron chi connectivity index (χ4n) is 4.15. The fourth-order valence-corrected chi connectivity index (χ4v) is 5.19. The molecular weight excluding hydrogens is 470 g/mol. The van der Waals surface area contributed by atoms with Crippen molar-refractivity contribution >= 4 is 17.3 Å². The van der Waals surface area contributed by atoms with E-state index in [9.17, 15) is 9.59 Å². The van der Waals surface area contributed by atoms with Gasteiger partial charge < -0.3 is 9.47 Å². The molecule has 6 heteroatoms. The van der Waals surface area contributed by atoms with Crippen LogP contribution in [-0.4, -0.2) is 23.8 Å². The average Bonchev–Trinajstić information content (AvgIpc) is 3.24. The molecule has 0 fully saturated rings. The van der Waals surface area contributed by atoms with Crippen molar-refractivity contribution in [1.82, 2.24) is 4.57 Å².